The van der Waals surface area contributed by atoms with Crippen LogP contribution in [-0.2, 0) is 9.59 Å². The Hall–Kier alpha value is -1.43. The van der Waals surface area contributed by atoms with E-state index < -0.39 is 17.8 Å². The number of carbonyl (C=O) groups excluding carboxylic acids is 1. The van der Waals surface area contributed by atoms with E-state index in [9.17, 15) is 14.0 Å². The molecule has 4 nitrogen and oxygen atoms in total. The Morgan fingerprint density at radius 1 is 1.62 bits per heavy atom. The van der Waals surface area contributed by atoms with Gasteiger partial charge in [0.05, 0.1) is 0 Å². The first-order chi connectivity index (χ1) is 7.47. The van der Waals surface area contributed by atoms with E-state index in [0.717, 1.165) is 11.0 Å². The van der Waals surface area contributed by atoms with Crippen LogP contribution in [0, 0.1) is 5.82 Å². The van der Waals surface area contributed by atoms with Gasteiger partial charge in [-0.05, 0) is 18.2 Å². The van der Waals surface area contributed by atoms with Crippen LogP contribution in [0.25, 0.3) is 0 Å². The van der Waals surface area contributed by atoms with Crippen LogP contribution in [0.5, 0.6) is 0 Å². The van der Waals surface area contributed by atoms with Gasteiger partial charge >= 0.3 is 5.97 Å². The number of likely N-dealkylation sites (N-methyl/N-ethyl adjacent to an activating group) is 1. The molecule has 0 aliphatic rings. The molecule has 0 fully saturated rings. The quantitative estimate of drug-likeness (QED) is 0.860. The van der Waals surface area contributed by atoms with E-state index in [1.54, 1.807) is 0 Å². The Bertz CT molecular complexity index is 425. The fourth-order valence-electron chi connectivity index (χ4n) is 1.31. The average molecular weight is 290 g/mol. The molecule has 0 saturated heterocycles. The summed E-state index contributed by atoms with van der Waals surface area (Å²) in [4.78, 5) is 22.6. The number of hydrogen-bond donors (Lipinski definition) is 1. The van der Waals surface area contributed by atoms with Crippen LogP contribution in [0.3, 0.4) is 0 Å². The van der Waals surface area contributed by atoms with E-state index in [0.29, 0.717) is 10.9 Å². The van der Waals surface area contributed by atoms with Crippen molar-refractivity contribution in [2.24, 2.45) is 0 Å². The Labute approximate surface area is 99.8 Å². The summed E-state index contributed by atoms with van der Waals surface area (Å²) in [5, 5.41) is 9.00. The molecule has 1 aromatic carbocycles. The Morgan fingerprint density at radius 2 is 2.25 bits per heavy atom. The smallest absolute Gasteiger partial charge is 0.331 e. The SMILES string of the molecule is CN(C=O)C(C(=O)O)c1cc(F)ccc1Br. The first-order valence-corrected chi connectivity index (χ1v) is 5.11. The van der Waals surface area contributed by atoms with Crippen LogP contribution in [0.15, 0.2) is 22.7 Å². The van der Waals surface area contributed by atoms with E-state index in [2.05, 4.69) is 15.9 Å². The lowest BCUT2D eigenvalue weighted by molar-refractivity contribution is -0.145. The molecule has 1 unspecified atom stereocenters. The molecule has 86 valence electrons. The highest BCUT2D eigenvalue weighted by Gasteiger charge is 2.26. The number of carboxylic acid groups (broad SMARTS) is 1. The lowest BCUT2D eigenvalue weighted by Crippen LogP contribution is -2.30. The van der Waals surface area contributed by atoms with E-state index in [-0.39, 0.29) is 5.56 Å². The number of nitrogens with zero attached hydrogens (tertiary/aromatic N) is 1. The second-order valence-corrected chi connectivity index (χ2v) is 4.03. The molecule has 0 bridgehead atoms. The van der Waals surface area contributed by atoms with Gasteiger partial charge in [0.1, 0.15) is 5.82 Å². The average Bonchev–Trinajstić information content (AvgIpc) is 2.22. The van der Waals surface area contributed by atoms with Crippen LogP contribution in [0.4, 0.5) is 4.39 Å². The lowest BCUT2D eigenvalue weighted by atomic mass is 10.1. The topological polar surface area (TPSA) is 57.6 Å². The summed E-state index contributed by atoms with van der Waals surface area (Å²) >= 11 is 3.12. The standard InChI is InChI=1S/C10H9BrFNO3/c1-13(5-14)9(10(15)16)7-4-6(12)2-3-8(7)11/h2-5,9H,1H3,(H,15,16). The summed E-state index contributed by atoms with van der Waals surface area (Å²) < 4.78 is 13.5. The zero-order valence-corrected chi connectivity index (χ0v) is 9.94. The molecule has 0 aliphatic heterocycles. The number of halogens is 2. The minimum Gasteiger partial charge on any atom is -0.479 e. The second-order valence-electron chi connectivity index (χ2n) is 3.18. The fourth-order valence-corrected chi connectivity index (χ4v) is 1.78. The number of carbonyl (C=O) groups is 2. The van der Waals surface area contributed by atoms with Gasteiger partial charge in [-0.1, -0.05) is 15.9 Å². The molecule has 0 aromatic heterocycles. The number of carboxylic acids is 1. The predicted molar refractivity (Wildman–Crippen MR) is 58.3 cm³/mol. The Balaban J connectivity index is 3.25. The third-order valence-corrected chi connectivity index (χ3v) is 2.78. The molecule has 0 aliphatic carbocycles. The van der Waals surface area contributed by atoms with Gasteiger partial charge in [0.2, 0.25) is 6.41 Å². The summed E-state index contributed by atoms with van der Waals surface area (Å²) in [6.07, 6.45) is 0.385. The molecule has 6 heteroatoms. The number of amides is 1. The van der Waals surface area contributed by atoms with Gasteiger partial charge in [-0.15, -0.1) is 0 Å². The second kappa shape index (κ2) is 5.07. The summed E-state index contributed by atoms with van der Waals surface area (Å²) in [7, 11) is 1.32. The van der Waals surface area contributed by atoms with Crippen LogP contribution >= 0.6 is 15.9 Å². The van der Waals surface area contributed by atoms with E-state index in [1.807, 2.05) is 0 Å². The first-order valence-electron chi connectivity index (χ1n) is 4.32. The predicted octanol–water partition coefficient (Wildman–Crippen LogP) is 1.80. The molecule has 0 spiro atoms. The van der Waals surface area contributed by atoms with Gasteiger partial charge in [0.15, 0.2) is 6.04 Å². The summed E-state index contributed by atoms with van der Waals surface area (Å²) in [6, 6.07) is 2.48. The molecule has 1 rings (SSSR count). The van der Waals surface area contributed by atoms with Crippen molar-refractivity contribution < 1.29 is 19.1 Å². The molecular formula is C10H9BrFNO3. The molecule has 0 heterocycles. The Morgan fingerprint density at radius 3 is 2.75 bits per heavy atom. The van der Waals surface area contributed by atoms with Crippen molar-refractivity contribution >= 4 is 28.3 Å². The number of rotatable bonds is 4. The van der Waals surface area contributed by atoms with Gasteiger partial charge in [0, 0.05) is 17.1 Å². The van der Waals surface area contributed by atoms with E-state index >= 15 is 0 Å². The maximum atomic E-state index is 13.0. The van der Waals surface area contributed by atoms with Gasteiger partial charge < -0.3 is 10.0 Å². The van der Waals surface area contributed by atoms with Crippen molar-refractivity contribution in [3.63, 3.8) is 0 Å². The zero-order chi connectivity index (χ0) is 12.3. The summed E-state index contributed by atoms with van der Waals surface area (Å²) in [6.45, 7) is 0. The van der Waals surface area contributed by atoms with Crippen LogP contribution < -0.4 is 0 Å². The third-order valence-electron chi connectivity index (χ3n) is 2.06. The maximum Gasteiger partial charge on any atom is 0.331 e. The molecule has 16 heavy (non-hydrogen) atoms. The highest BCUT2D eigenvalue weighted by molar-refractivity contribution is 9.10. The van der Waals surface area contributed by atoms with E-state index in [4.69, 9.17) is 5.11 Å². The van der Waals surface area contributed by atoms with Gasteiger partial charge in [-0.25, -0.2) is 9.18 Å². The first kappa shape index (κ1) is 12.6. The van der Waals surface area contributed by atoms with Crippen LogP contribution in [-0.4, -0.2) is 29.4 Å². The largest absolute Gasteiger partial charge is 0.479 e. The van der Waals surface area contributed by atoms with Gasteiger partial charge in [-0.3, -0.25) is 4.79 Å². The molecule has 1 aromatic rings. The highest BCUT2D eigenvalue weighted by atomic mass is 79.9. The maximum absolute atomic E-state index is 13.0. The highest BCUT2D eigenvalue weighted by Crippen LogP contribution is 2.27. The summed E-state index contributed by atoms with van der Waals surface area (Å²) in [5.41, 5.74) is 0.196. The zero-order valence-electron chi connectivity index (χ0n) is 8.35. The number of aliphatic carboxylic acids is 1. The molecular weight excluding hydrogens is 281 g/mol. The van der Waals surface area contributed by atoms with Gasteiger partial charge in [-0.2, -0.15) is 0 Å². The van der Waals surface area contributed by atoms with Crippen molar-refractivity contribution in [3.8, 4) is 0 Å². The minimum absolute atomic E-state index is 0.196. The van der Waals surface area contributed by atoms with Crippen molar-refractivity contribution in [1.29, 1.82) is 0 Å². The third kappa shape index (κ3) is 2.57. The fraction of sp³-hybridized carbons (Fsp3) is 0.200. The lowest BCUT2D eigenvalue weighted by Gasteiger charge is -2.21. The summed E-state index contributed by atoms with van der Waals surface area (Å²) in [5.74, 6) is -1.77. The molecule has 1 amide bonds. The minimum atomic E-state index is -1.22. The molecule has 1 N–H and O–H groups in total. The molecule has 0 saturated carbocycles. The van der Waals surface area contributed by atoms with Crippen molar-refractivity contribution in [3.05, 3.63) is 34.1 Å². The van der Waals surface area contributed by atoms with E-state index in [1.165, 1.54) is 19.2 Å². The van der Waals surface area contributed by atoms with Crippen molar-refractivity contribution in [1.82, 2.24) is 4.90 Å². The normalized spacial score (nSPS) is 11.9. The van der Waals surface area contributed by atoms with Gasteiger partial charge in [0.25, 0.3) is 0 Å². The number of benzene rings is 1. The van der Waals surface area contributed by atoms with Crippen LogP contribution in [0.2, 0.25) is 0 Å². The molecule has 0 radical (unpaired) electrons. The monoisotopic (exact) mass is 289 g/mol. The van der Waals surface area contributed by atoms with Crippen LogP contribution in [0.1, 0.15) is 11.6 Å². The number of hydrogen-bond acceptors (Lipinski definition) is 2. The van der Waals surface area contributed by atoms with Crippen molar-refractivity contribution in [2.45, 2.75) is 6.04 Å². The Kier molecular flexibility index (Phi) is 4.00. The van der Waals surface area contributed by atoms with Crippen molar-refractivity contribution in [2.75, 3.05) is 7.05 Å². The molecule has 1 atom stereocenters.